The standard InChI is InChI=1S/C17H11FN4S/c18-15-7-6-12(8-14(15)9-19)10-20-22-17-21-16(11-23-17)13-4-2-1-3-5-13/h1-8,10-11H,(H,21,22). The maximum Gasteiger partial charge on any atom is 0.203 e. The molecule has 0 radical (unpaired) electrons. The van der Waals surface area contributed by atoms with E-state index in [0.717, 1.165) is 11.3 Å². The Balaban J connectivity index is 1.69. The van der Waals surface area contributed by atoms with Crippen molar-refractivity contribution >= 4 is 22.7 Å². The molecule has 112 valence electrons. The van der Waals surface area contributed by atoms with Crippen LogP contribution in [0, 0.1) is 17.1 Å². The number of halogens is 1. The highest BCUT2D eigenvalue weighted by atomic mass is 32.1. The van der Waals surface area contributed by atoms with Gasteiger partial charge in [0.2, 0.25) is 5.13 Å². The van der Waals surface area contributed by atoms with Crippen molar-refractivity contribution in [2.75, 3.05) is 5.43 Å². The first kappa shape index (κ1) is 14.9. The molecule has 2 aromatic carbocycles. The zero-order valence-corrected chi connectivity index (χ0v) is 12.7. The Morgan fingerprint density at radius 1 is 1.22 bits per heavy atom. The van der Waals surface area contributed by atoms with Crippen LogP contribution in [0.25, 0.3) is 11.3 Å². The number of thiazole rings is 1. The van der Waals surface area contributed by atoms with Gasteiger partial charge >= 0.3 is 0 Å². The molecule has 0 aliphatic rings. The van der Waals surface area contributed by atoms with Gasteiger partial charge in [-0.15, -0.1) is 11.3 Å². The van der Waals surface area contributed by atoms with E-state index in [2.05, 4.69) is 15.5 Å². The fourth-order valence-electron chi connectivity index (χ4n) is 1.94. The monoisotopic (exact) mass is 322 g/mol. The lowest BCUT2D eigenvalue weighted by Gasteiger charge is -1.97. The average molecular weight is 322 g/mol. The van der Waals surface area contributed by atoms with Crippen molar-refractivity contribution in [2.24, 2.45) is 5.10 Å². The maximum absolute atomic E-state index is 13.2. The predicted molar refractivity (Wildman–Crippen MR) is 89.9 cm³/mol. The summed E-state index contributed by atoms with van der Waals surface area (Å²) in [6.45, 7) is 0. The van der Waals surface area contributed by atoms with Gasteiger partial charge < -0.3 is 0 Å². The molecule has 3 rings (SSSR count). The molecular formula is C17H11FN4S. The van der Waals surface area contributed by atoms with Gasteiger partial charge in [-0.05, 0) is 17.7 Å². The summed E-state index contributed by atoms with van der Waals surface area (Å²) in [5.41, 5.74) is 5.38. The molecule has 1 heterocycles. The summed E-state index contributed by atoms with van der Waals surface area (Å²) in [4.78, 5) is 4.44. The minimum Gasteiger partial charge on any atom is -0.253 e. The van der Waals surface area contributed by atoms with E-state index in [0.29, 0.717) is 10.7 Å². The van der Waals surface area contributed by atoms with Crippen molar-refractivity contribution < 1.29 is 4.39 Å². The molecule has 1 aromatic heterocycles. The van der Waals surface area contributed by atoms with E-state index in [-0.39, 0.29) is 5.56 Å². The molecule has 0 spiro atoms. The Morgan fingerprint density at radius 2 is 2.04 bits per heavy atom. The van der Waals surface area contributed by atoms with E-state index in [4.69, 9.17) is 5.26 Å². The molecule has 3 aromatic rings. The first-order valence-corrected chi connectivity index (χ1v) is 7.64. The lowest BCUT2D eigenvalue weighted by molar-refractivity contribution is 0.624. The molecule has 1 N–H and O–H groups in total. The number of rotatable bonds is 4. The molecule has 0 unspecified atom stereocenters. The molecule has 0 aliphatic heterocycles. The summed E-state index contributed by atoms with van der Waals surface area (Å²) < 4.78 is 13.2. The van der Waals surface area contributed by atoms with Crippen LogP contribution >= 0.6 is 11.3 Å². The summed E-state index contributed by atoms with van der Waals surface area (Å²) >= 11 is 1.44. The second-order valence-corrected chi connectivity index (χ2v) is 5.48. The van der Waals surface area contributed by atoms with Gasteiger partial charge in [-0.1, -0.05) is 36.4 Å². The van der Waals surface area contributed by atoms with Crippen molar-refractivity contribution in [3.05, 3.63) is 70.9 Å². The molecule has 0 atom stereocenters. The SMILES string of the molecule is N#Cc1cc(C=NNc2nc(-c3ccccc3)cs2)ccc1F. The van der Waals surface area contributed by atoms with E-state index in [1.54, 1.807) is 12.1 Å². The maximum atomic E-state index is 13.2. The van der Waals surface area contributed by atoms with Crippen LogP contribution in [0.3, 0.4) is 0 Å². The van der Waals surface area contributed by atoms with Gasteiger partial charge in [0.05, 0.1) is 17.5 Å². The predicted octanol–water partition coefficient (Wildman–Crippen LogP) is 4.27. The molecule has 0 bridgehead atoms. The largest absolute Gasteiger partial charge is 0.253 e. The van der Waals surface area contributed by atoms with Crippen molar-refractivity contribution in [3.8, 4) is 17.3 Å². The van der Waals surface area contributed by atoms with Gasteiger partial charge in [0, 0.05) is 10.9 Å². The number of hydrogen-bond donors (Lipinski definition) is 1. The Morgan fingerprint density at radius 3 is 2.83 bits per heavy atom. The third kappa shape index (κ3) is 3.59. The topological polar surface area (TPSA) is 61.1 Å². The first-order chi connectivity index (χ1) is 11.3. The van der Waals surface area contributed by atoms with Crippen LogP contribution in [-0.4, -0.2) is 11.2 Å². The molecule has 0 saturated heterocycles. The van der Waals surface area contributed by atoms with Crippen molar-refractivity contribution in [3.63, 3.8) is 0 Å². The second kappa shape index (κ2) is 6.81. The van der Waals surface area contributed by atoms with Crippen LogP contribution in [0.15, 0.2) is 59.0 Å². The van der Waals surface area contributed by atoms with Crippen molar-refractivity contribution in [2.45, 2.75) is 0 Å². The molecule has 23 heavy (non-hydrogen) atoms. The summed E-state index contributed by atoms with van der Waals surface area (Å²) in [5.74, 6) is -0.537. The van der Waals surface area contributed by atoms with Crippen LogP contribution in [0.5, 0.6) is 0 Å². The third-order valence-corrected chi connectivity index (χ3v) is 3.81. The van der Waals surface area contributed by atoms with Crippen LogP contribution in [0.4, 0.5) is 9.52 Å². The van der Waals surface area contributed by atoms with Crippen molar-refractivity contribution in [1.82, 2.24) is 4.98 Å². The van der Waals surface area contributed by atoms with Crippen LogP contribution < -0.4 is 5.43 Å². The highest BCUT2D eigenvalue weighted by Gasteiger charge is 2.03. The second-order valence-electron chi connectivity index (χ2n) is 4.63. The van der Waals surface area contributed by atoms with Crippen LogP contribution in [0.1, 0.15) is 11.1 Å². The zero-order chi connectivity index (χ0) is 16.1. The van der Waals surface area contributed by atoms with Gasteiger partial charge in [0.1, 0.15) is 11.9 Å². The Hall–Kier alpha value is -3.04. The van der Waals surface area contributed by atoms with E-state index < -0.39 is 5.82 Å². The van der Waals surface area contributed by atoms with Gasteiger partial charge in [0.15, 0.2) is 0 Å². The Labute approximate surface area is 136 Å². The fraction of sp³-hybridized carbons (Fsp3) is 0. The number of benzene rings is 2. The number of aromatic nitrogens is 1. The first-order valence-electron chi connectivity index (χ1n) is 6.76. The number of hydrogen-bond acceptors (Lipinski definition) is 5. The van der Waals surface area contributed by atoms with E-state index in [1.807, 2.05) is 35.7 Å². The molecule has 0 fully saturated rings. The number of nitrogens with one attached hydrogen (secondary N) is 1. The highest BCUT2D eigenvalue weighted by Crippen LogP contribution is 2.24. The summed E-state index contributed by atoms with van der Waals surface area (Å²) in [6, 6.07) is 15.9. The van der Waals surface area contributed by atoms with Gasteiger partial charge in [-0.25, -0.2) is 9.37 Å². The molecule has 4 nitrogen and oxygen atoms in total. The van der Waals surface area contributed by atoms with Crippen LogP contribution in [-0.2, 0) is 0 Å². The van der Waals surface area contributed by atoms with E-state index >= 15 is 0 Å². The molecule has 6 heteroatoms. The highest BCUT2D eigenvalue weighted by molar-refractivity contribution is 7.14. The third-order valence-electron chi connectivity index (χ3n) is 3.06. The smallest absolute Gasteiger partial charge is 0.203 e. The van der Waals surface area contributed by atoms with E-state index in [9.17, 15) is 4.39 Å². The quantitative estimate of drug-likeness (QED) is 0.576. The van der Waals surface area contributed by atoms with Crippen LogP contribution in [0.2, 0.25) is 0 Å². The number of nitriles is 1. The molecule has 0 aliphatic carbocycles. The fourth-order valence-corrected chi connectivity index (χ4v) is 2.61. The number of anilines is 1. The average Bonchev–Trinajstić information content (AvgIpc) is 3.06. The van der Waals surface area contributed by atoms with Gasteiger partial charge in [-0.3, -0.25) is 5.43 Å². The van der Waals surface area contributed by atoms with E-state index in [1.165, 1.54) is 29.7 Å². The minimum atomic E-state index is -0.537. The number of hydrazone groups is 1. The Kier molecular flexibility index (Phi) is 4.41. The summed E-state index contributed by atoms with van der Waals surface area (Å²) in [6.07, 6.45) is 1.52. The lowest BCUT2D eigenvalue weighted by atomic mass is 10.1. The normalized spacial score (nSPS) is 10.6. The summed E-state index contributed by atoms with van der Waals surface area (Å²) in [5, 5.41) is 15.5. The lowest BCUT2D eigenvalue weighted by Crippen LogP contribution is -1.92. The molecular weight excluding hydrogens is 311 g/mol. The molecule has 0 saturated carbocycles. The van der Waals surface area contributed by atoms with Gasteiger partial charge in [-0.2, -0.15) is 10.4 Å². The van der Waals surface area contributed by atoms with Gasteiger partial charge in [0.25, 0.3) is 0 Å². The minimum absolute atomic E-state index is 0.00503. The Bertz CT molecular complexity index is 881. The zero-order valence-electron chi connectivity index (χ0n) is 11.9. The molecule has 0 amide bonds. The van der Waals surface area contributed by atoms with Crippen molar-refractivity contribution in [1.29, 1.82) is 5.26 Å². The summed E-state index contributed by atoms with van der Waals surface area (Å²) in [7, 11) is 0. The number of nitrogens with zero attached hydrogens (tertiary/aromatic N) is 3.